The van der Waals surface area contributed by atoms with Crippen molar-refractivity contribution in [2.45, 2.75) is 6.92 Å². The highest BCUT2D eigenvalue weighted by Gasteiger charge is 1.73. The number of rotatable bonds is 1. The molecule has 0 radical (unpaired) electrons. The van der Waals surface area contributed by atoms with Crippen molar-refractivity contribution in [3.8, 4) is 0 Å². The van der Waals surface area contributed by atoms with Crippen LogP contribution in [0.4, 0.5) is 0 Å². The van der Waals surface area contributed by atoms with E-state index in [4.69, 9.17) is 0 Å². The number of amidine groups is 1. The first kappa shape index (κ1) is 7.01. The van der Waals surface area contributed by atoms with E-state index in [1.165, 1.54) is 6.34 Å². The molecule has 3 nitrogen and oxygen atoms in total. The van der Waals surface area contributed by atoms with Gasteiger partial charge in [0.1, 0.15) is 12.2 Å². The predicted molar refractivity (Wildman–Crippen MR) is 37.1 cm³/mol. The molecule has 44 valence electrons. The summed E-state index contributed by atoms with van der Waals surface area (Å²) >= 11 is 0. The molecule has 0 aromatic heterocycles. The van der Waals surface area contributed by atoms with Crippen LogP contribution in [0.15, 0.2) is 15.0 Å². The van der Waals surface area contributed by atoms with Gasteiger partial charge in [-0.05, 0) is 13.6 Å². The lowest BCUT2D eigenvalue weighted by molar-refractivity contribution is 1.43. The highest BCUT2D eigenvalue weighted by molar-refractivity contribution is 5.89. The first-order chi connectivity index (χ1) is 3.81. The maximum Gasteiger partial charge on any atom is 0.126 e. The van der Waals surface area contributed by atoms with E-state index in [0.717, 1.165) is 0 Å². The maximum absolute atomic E-state index is 3.76. The number of nitrogens with zero attached hydrogens (tertiary/aromatic N) is 3. The zero-order valence-corrected chi connectivity index (χ0v) is 5.13. The van der Waals surface area contributed by atoms with Crippen LogP contribution >= 0.6 is 0 Å². The van der Waals surface area contributed by atoms with E-state index in [0.29, 0.717) is 5.84 Å². The Balaban J connectivity index is 3.74. The summed E-state index contributed by atoms with van der Waals surface area (Å²) in [6.07, 6.45) is 1.43. The summed E-state index contributed by atoms with van der Waals surface area (Å²) in [6, 6.07) is 0. The number of hydrogen-bond donors (Lipinski definition) is 0. The van der Waals surface area contributed by atoms with Crippen LogP contribution in [-0.4, -0.2) is 25.9 Å². The second-order valence-electron chi connectivity index (χ2n) is 1.21. The lowest BCUT2D eigenvalue weighted by atomic mass is 10.7. The van der Waals surface area contributed by atoms with Gasteiger partial charge >= 0.3 is 0 Å². The van der Waals surface area contributed by atoms with Gasteiger partial charge < -0.3 is 0 Å². The summed E-state index contributed by atoms with van der Waals surface area (Å²) in [7, 11) is 1.65. The summed E-state index contributed by atoms with van der Waals surface area (Å²) in [5.41, 5.74) is 0. The van der Waals surface area contributed by atoms with Gasteiger partial charge in [-0.3, -0.25) is 4.99 Å². The highest BCUT2D eigenvalue weighted by atomic mass is 14.9. The molecule has 0 atom stereocenters. The fraction of sp³-hybridized carbons (Fsp3) is 0.400. The molecule has 8 heavy (non-hydrogen) atoms. The fourth-order valence-electron chi connectivity index (χ4n) is 0.182. The van der Waals surface area contributed by atoms with Crippen LogP contribution in [0, 0.1) is 0 Å². The summed E-state index contributed by atoms with van der Waals surface area (Å²) in [5, 5.41) is 0. The number of aliphatic imine (C=N–C) groups is 3. The second kappa shape index (κ2) is 4.18. The minimum atomic E-state index is 0.635. The van der Waals surface area contributed by atoms with E-state index in [-0.39, 0.29) is 0 Å². The van der Waals surface area contributed by atoms with Crippen LogP contribution in [0.1, 0.15) is 6.92 Å². The molecular formula is C5H9N3. The standard InChI is InChI=1S/C5H9N3/c1-5(7-3)8-4-6-2/h4H,3H2,1-2H3. The van der Waals surface area contributed by atoms with Crippen molar-refractivity contribution in [3.05, 3.63) is 0 Å². The predicted octanol–water partition coefficient (Wildman–Crippen LogP) is 0.764. The molecule has 0 aromatic carbocycles. The summed E-state index contributed by atoms with van der Waals surface area (Å²) < 4.78 is 0. The molecule has 0 aromatic rings. The van der Waals surface area contributed by atoms with Crippen LogP contribution in [0.5, 0.6) is 0 Å². The Morgan fingerprint density at radius 1 is 1.62 bits per heavy atom. The van der Waals surface area contributed by atoms with Crippen molar-refractivity contribution in [3.63, 3.8) is 0 Å². The quantitative estimate of drug-likeness (QED) is 0.354. The summed E-state index contributed by atoms with van der Waals surface area (Å²) in [6.45, 7) is 5.03. The Kier molecular flexibility index (Phi) is 3.66. The minimum Gasteiger partial charge on any atom is -0.277 e. The van der Waals surface area contributed by atoms with E-state index in [1.54, 1.807) is 14.0 Å². The van der Waals surface area contributed by atoms with E-state index in [1.807, 2.05) is 0 Å². The minimum absolute atomic E-state index is 0.635. The molecule has 0 heterocycles. The van der Waals surface area contributed by atoms with Gasteiger partial charge in [0.05, 0.1) is 0 Å². The van der Waals surface area contributed by atoms with Crippen molar-refractivity contribution in [1.82, 2.24) is 0 Å². The van der Waals surface area contributed by atoms with Crippen molar-refractivity contribution in [2.75, 3.05) is 7.05 Å². The zero-order chi connectivity index (χ0) is 6.41. The molecule has 0 unspecified atom stereocenters. The third kappa shape index (κ3) is 3.21. The highest BCUT2D eigenvalue weighted by Crippen LogP contribution is 1.72. The van der Waals surface area contributed by atoms with E-state index >= 15 is 0 Å². The monoisotopic (exact) mass is 111 g/mol. The maximum atomic E-state index is 3.76. The van der Waals surface area contributed by atoms with Gasteiger partial charge in [-0.25, -0.2) is 9.98 Å². The van der Waals surface area contributed by atoms with Gasteiger partial charge in [-0.2, -0.15) is 0 Å². The lowest BCUT2D eigenvalue weighted by Gasteiger charge is -1.80. The fourth-order valence-corrected chi connectivity index (χ4v) is 0.182. The van der Waals surface area contributed by atoms with Gasteiger partial charge in [0.25, 0.3) is 0 Å². The van der Waals surface area contributed by atoms with Crippen molar-refractivity contribution in [2.24, 2.45) is 15.0 Å². The Hall–Kier alpha value is -0.990. The topological polar surface area (TPSA) is 37.1 Å². The Labute approximate surface area is 48.9 Å². The van der Waals surface area contributed by atoms with Crippen LogP contribution in [0.2, 0.25) is 0 Å². The van der Waals surface area contributed by atoms with Gasteiger partial charge in [0.15, 0.2) is 0 Å². The Morgan fingerprint density at radius 3 is 2.62 bits per heavy atom. The van der Waals surface area contributed by atoms with Crippen molar-refractivity contribution >= 4 is 18.9 Å². The van der Waals surface area contributed by atoms with E-state index < -0.39 is 0 Å². The van der Waals surface area contributed by atoms with Crippen molar-refractivity contribution in [1.29, 1.82) is 0 Å². The molecule has 0 saturated heterocycles. The molecule has 0 fully saturated rings. The van der Waals surface area contributed by atoms with Gasteiger partial charge in [0.2, 0.25) is 0 Å². The Morgan fingerprint density at radius 2 is 2.25 bits per heavy atom. The lowest BCUT2D eigenvalue weighted by Crippen LogP contribution is -1.82. The van der Waals surface area contributed by atoms with Crippen LogP contribution in [0.3, 0.4) is 0 Å². The van der Waals surface area contributed by atoms with Crippen LogP contribution in [-0.2, 0) is 0 Å². The average Bonchev–Trinajstić information content (AvgIpc) is 1.83. The molecule has 0 N–H and O–H groups in total. The Bertz CT molecular complexity index is 124. The molecule has 0 spiro atoms. The average molecular weight is 111 g/mol. The van der Waals surface area contributed by atoms with Crippen molar-refractivity contribution < 1.29 is 0 Å². The van der Waals surface area contributed by atoms with Crippen LogP contribution < -0.4 is 0 Å². The first-order valence-electron chi connectivity index (χ1n) is 2.23. The molecule has 0 rings (SSSR count). The third-order valence-corrected chi connectivity index (χ3v) is 0.589. The van der Waals surface area contributed by atoms with E-state index in [9.17, 15) is 0 Å². The largest absolute Gasteiger partial charge is 0.277 e. The molecule has 0 aliphatic rings. The smallest absolute Gasteiger partial charge is 0.126 e. The molecular weight excluding hydrogens is 102 g/mol. The molecule has 0 amide bonds. The molecule has 0 aliphatic heterocycles. The van der Waals surface area contributed by atoms with Gasteiger partial charge in [-0.1, -0.05) is 0 Å². The molecule has 3 heteroatoms. The molecule has 0 bridgehead atoms. The zero-order valence-electron chi connectivity index (χ0n) is 5.13. The van der Waals surface area contributed by atoms with Gasteiger partial charge in [-0.15, -0.1) is 0 Å². The van der Waals surface area contributed by atoms with E-state index in [2.05, 4.69) is 21.7 Å². The number of hydrogen-bond acceptors (Lipinski definition) is 1. The summed E-state index contributed by atoms with van der Waals surface area (Å²) in [4.78, 5) is 10.9. The molecule has 0 saturated carbocycles. The SMILES string of the molecule is C=NC(C)=NC=NC. The van der Waals surface area contributed by atoms with Gasteiger partial charge in [0, 0.05) is 7.05 Å². The normalized spacial score (nSPS) is 12.5. The third-order valence-electron chi connectivity index (χ3n) is 0.589. The second-order valence-corrected chi connectivity index (χ2v) is 1.21. The van der Waals surface area contributed by atoms with Crippen LogP contribution in [0.25, 0.3) is 0 Å². The first-order valence-corrected chi connectivity index (χ1v) is 2.23. The molecule has 0 aliphatic carbocycles. The summed E-state index contributed by atoms with van der Waals surface area (Å²) in [5.74, 6) is 0.635.